The second-order valence-electron chi connectivity index (χ2n) is 3.49. The lowest BCUT2D eigenvalue weighted by atomic mass is 10.1. The van der Waals surface area contributed by atoms with Crippen molar-refractivity contribution in [1.82, 2.24) is 4.57 Å². The molecule has 0 saturated carbocycles. The van der Waals surface area contributed by atoms with Gasteiger partial charge in [0, 0.05) is 29.2 Å². The number of hydrogen-bond donors (Lipinski definition) is 0. The first-order valence-corrected chi connectivity index (χ1v) is 4.78. The van der Waals surface area contributed by atoms with E-state index in [2.05, 4.69) is 49.7 Å². The highest BCUT2D eigenvalue weighted by Gasteiger charge is 2.07. The van der Waals surface area contributed by atoms with E-state index in [0.717, 1.165) is 6.42 Å². The number of fused-ring (bicyclic) bond motifs is 1. The molecule has 0 N–H and O–H groups in total. The van der Waals surface area contributed by atoms with Crippen LogP contribution in [-0.4, -0.2) is 4.57 Å². The van der Waals surface area contributed by atoms with Crippen LogP contribution in [-0.2, 0) is 13.5 Å². The van der Waals surface area contributed by atoms with E-state index in [4.69, 9.17) is 0 Å². The van der Waals surface area contributed by atoms with E-state index in [1.165, 1.54) is 22.2 Å². The highest BCUT2D eigenvalue weighted by atomic mass is 15.0. The lowest BCUT2D eigenvalue weighted by molar-refractivity contribution is 0.815. The van der Waals surface area contributed by atoms with Crippen molar-refractivity contribution in [2.45, 2.75) is 20.3 Å². The van der Waals surface area contributed by atoms with E-state index in [1.807, 2.05) is 0 Å². The van der Waals surface area contributed by atoms with Crippen LogP contribution in [0.1, 0.15) is 18.3 Å². The summed E-state index contributed by atoms with van der Waals surface area (Å²) in [6.45, 7) is 4.39. The summed E-state index contributed by atoms with van der Waals surface area (Å²) in [6, 6.07) is 8.63. The van der Waals surface area contributed by atoms with Crippen molar-refractivity contribution >= 4 is 10.8 Å². The van der Waals surface area contributed by atoms with Gasteiger partial charge in [-0.05, 0) is 13.3 Å². The molecule has 0 bridgehead atoms. The molecule has 0 radical (unpaired) electrons. The maximum atomic E-state index is 2.30. The monoisotopic (exact) mass is 173 g/mol. The van der Waals surface area contributed by atoms with Gasteiger partial charge in [0.2, 0.25) is 0 Å². The van der Waals surface area contributed by atoms with Gasteiger partial charge in [-0.3, -0.25) is 0 Å². The van der Waals surface area contributed by atoms with Gasteiger partial charge in [-0.2, -0.15) is 0 Å². The number of benzene rings is 1. The summed E-state index contributed by atoms with van der Waals surface area (Å²) in [4.78, 5) is 0. The Bertz CT molecular complexity index is 438. The molecule has 2 aromatic rings. The zero-order chi connectivity index (χ0) is 9.42. The van der Waals surface area contributed by atoms with Gasteiger partial charge in [0.05, 0.1) is 0 Å². The van der Waals surface area contributed by atoms with Crippen LogP contribution < -0.4 is 0 Å². The fourth-order valence-electron chi connectivity index (χ4n) is 2.04. The minimum atomic E-state index is 1.10. The normalized spacial score (nSPS) is 11.0. The molecular formula is C12H15N. The van der Waals surface area contributed by atoms with Crippen molar-refractivity contribution in [3.8, 4) is 0 Å². The third kappa shape index (κ3) is 1.07. The van der Waals surface area contributed by atoms with Crippen molar-refractivity contribution in [2.24, 2.45) is 7.05 Å². The second kappa shape index (κ2) is 2.91. The molecule has 0 aliphatic rings. The standard InChI is InChI=1S/C12H15N/c1-4-12-11-8-6-5-7-10(11)9(2)13(12)3/h5-8H,4H2,1-3H3. The maximum absolute atomic E-state index is 2.30. The molecule has 1 aromatic heterocycles. The Balaban J connectivity index is 2.90. The largest absolute Gasteiger partial charge is 0.351 e. The molecular weight excluding hydrogens is 158 g/mol. The molecule has 1 heterocycles. The van der Waals surface area contributed by atoms with Crippen LogP contribution in [0.3, 0.4) is 0 Å². The lowest BCUT2D eigenvalue weighted by Crippen LogP contribution is -1.95. The highest BCUT2D eigenvalue weighted by Crippen LogP contribution is 2.24. The van der Waals surface area contributed by atoms with Gasteiger partial charge in [0.15, 0.2) is 0 Å². The summed E-state index contributed by atoms with van der Waals surface area (Å²) >= 11 is 0. The molecule has 1 nitrogen and oxygen atoms in total. The summed E-state index contributed by atoms with van der Waals surface area (Å²) in [5.74, 6) is 0. The Morgan fingerprint density at radius 1 is 1.15 bits per heavy atom. The second-order valence-corrected chi connectivity index (χ2v) is 3.49. The molecule has 2 rings (SSSR count). The quantitative estimate of drug-likeness (QED) is 0.624. The Hall–Kier alpha value is -1.24. The first-order valence-electron chi connectivity index (χ1n) is 4.78. The van der Waals surface area contributed by atoms with Crippen molar-refractivity contribution in [3.05, 3.63) is 35.7 Å². The van der Waals surface area contributed by atoms with Crippen LogP contribution >= 0.6 is 0 Å². The van der Waals surface area contributed by atoms with Gasteiger partial charge in [-0.1, -0.05) is 31.2 Å². The lowest BCUT2D eigenvalue weighted by Gasteiger charge is -2.00. The van der Waals surface area contributed by atoms with E-state index >= 15 is 0 Å². The van der Waals surface area contributed by atoms with Crippen LogP contribution in [0.25, 0.3) is 10.8 Å². The van der Waals surface area contributed by atoms with Crippen molar-refractivity contribution in [1.29, 1.82) is 0 Å². The smallest absolute Gasteiger partial charge is 0.0250 e. The number of aromatic nitrogens is 1. The summed E-state index contributed by atoms with van der Waals surface area (Å²) < 4.78 is 2.30. The fourth-order valence-corrected chi connectivity index (χ4v) is 2.04. The van der Waals surface area contributed by atoms with Gasteiger partial charge in [-0.25, -0.2) is 0 Å². The van der Waals surface area contributed by atoms with Crippen molar-refractivity contribution < 1.29 is 0 Å². The van der Waals surface area contributed by atoms with Crippen LogP contribution in [0.5, 0.6) is 0 Å². The average molecular weight is 173 g/mol. The van der Waals surface area contributed by atoms with Crippen LogP contribution in [0.15, 0.2) is 24.3 Å². The summed E-state index contributed by atoms with van der Waals surface area (Å²) in [7, 11) is 2.15. The predicted molar refractivity (Wildman–Crippen MR) is 57.0 cm³/mol. The molecule has 68 valence electrons. The topological polar surface area (TPSA) is 4.93 Å². The molecule has 0 atom stereocenters. The van der Waals surface area contributed by atoms with Crippen molar-refractivity contribution in [3.63, 3.8) is 0 Å². The summed E-state index contributed by atoms with van der Waals surface area (Å²) in [5, 5.41) is 2.80. The molecule has 0 saturated heterocycles. The third-order valence-electron chi connectivity index (χ3n) is 2.87. The Morgan fingerprint density at radius 3 is 2.38 bits per heavy atom. The molecule has 0 fully saturated rings. The van der Waals surface area contributed by atoms with Gasteiger partial charge >= 0.3 is 0 Å². The first-order chi connectivity index (χ1) is 6.25. The average Bonchev–Trinajstić information content (AvgIpc) is 2.41. The van der Waals surface area contributed by atoms with Crippen LogP contribution in [0.2, 0.25) is 0 Å². The van der Waals surface area contributed by atoms with Crippen LogP contribution in [0, 0.1) is 6.92 Å². The molecule has 1 aromatic carbocycles. The van der Waals surface area contributed by atoms with E-state index in [9.17, 15) is 0 Å². The fraction of sp³-hybridized carbons (Fsp3) is 0.333. The Morgan fingerprint density at radius 2 is 1.77 bits per heavy atom. The summed E-state index contributed by atoms with van der Waals surface area (Å²) in [5.41, 5.74) is 2.81. The minimum Gasteiger partial charge on any atom is -0.351 e. The predicted octanol–water partition coefficient (Wildman–Crippen LogP) is 3.05. The molecule has 0 unspecified atom stereocenters. The van der Waals surface area contributed by atoms with E-state index in [0.29, 0.717) is 0 Å². The highest BCUT2D eigenvalue weighted by molar-refractivity contribution is 5.88. The molecule has 0 aliphatic carbocycles. The summed E-state index contributed by atoms with van der Waals surface area (Å²) in [6.07, 6.45) is 1.10. The minimum absolute atomic E-state index is 1.10. The van der Waals surface area contributed by atoms with Crippen LogP contribution in [0.4, 0.5) is 0 Å². The number of hydrogen-bond acceptors (Lipinski definition) is 0. The van der Waals surface area contributed by atoms with Gasteiger partial charge in [0.25, 0.3) is 0 Å². The maximum Gasteiger partial charge on any atom is 0.0250 e. The molecule has 1 heteroatoms. The van der Waals surface area contributed by atoms with Crippen molar-refractivity contribution in [2.75, 3.05) is 0 Å². The zero-order valence-corrected chi connectivity index (χ0v) is 8.46. The Kier molecular flexibility index (Phi) is 1.87. The number of aryl methyl sites for hydroxylation is 2. The van der Waals surface area contributed by atoms with Gasteiger partial charge in [0.1, 0.15) is 0 Å². The van der Waals surface area contributed by atoms with Gasteiger partial charge < -0.3 is 4.57 Å². The van der Waals surface area contributed by atoms with E-state index < -0.39 is 0 Å². The van der Waals surface area contributed by atoms with E-state index in [1.54, 1.807) is 0 Å². The molecule has 0 amide bonds. The SMILES string of the molecule is CCc1c2ccccc2c(C)n1C. The molecule has 0 spiro atoms. The number of nitrogens with zero attached hydrogens (tertiary/aromatic N) is 1. The third-order valence-corrected chi connectivity index (χ3v) is 2.87. The zero-order valence-electron chi connectivity index (χ0n) is 8.46. The van der Waals surface area contributed by atoms with E-state index in [-0.39, 0.29) is 0 Å². The first kappa shape index (κ1) is 8.36. The Labute approximate surface area is 79.0 Å². The van der Waals surface area contributed by atoms with Gasteiger partial charge in [-0.15, -0.1) is 0 Å². The molecule has 0 aliphatic heterocycles. The number of rotatable bonds is 1. The molecule has 13 heavy (non-hydrogen) atoms.